The van der Waals surface area contributed by atoms with Gasteiger partial charge in [0.15, 0.2) is 11.0 Å². The van der Waals surface area contributed by atoms with E-state index in [4.69, 9.17) is 11.6 Å². The molecule has 3 aromatic rings. The third kappa shape index (κ3) is 7.76. The molecule has 33 heavy (non-hydrogen) atoms. The molecule has 2 amide bonds. The lowest BCUT2D eigenvalue weighted by molar-refractivity contribution is -0.118. The van der Waals surface area contributed by atoms with Gasteiger partial charge in [-0.3, -0.25) is 9.59 Å². The number of hydrogen-bond donors (Lipinski definition) is 2. The van der Waals surface area contributed by atoms with Crippen molar-refractivity contribution >= 4 is 41.3 Å². The van der Waals surface area contributed by atoms with Crippen molar-refractivity contribution in [3.8, 4) is 0 Å². The van der Waals surface area contributed by atoms with Gasteiger partial charge in [-0.05, 0) is 36.6 Å². The fraction of sp³-hybridized carbons (Fsp3) is 0.250. The van der Waals surface area contributed by atoms with Gasteiger partial charge in [-0.15, -0.1) is 10.2 Å². The zero-order valence-electron chi connectivity index (χ0n) is 18.3. The molecule has 0 saturated heterocycles. The Morgan fingerprint density at radius 1 is 1.06 bits per heavy atom. The highest BCUT2D eigenvalue weighted by Crippen LogP contribution is 2.17. The SMILES string of the molecule is CCn1c(CNC(=O)/C=C/c2ccccc2Cl)nnc1SCC(=O)NCCc1ccccc1. The largest absolute Gasteiger partial charge is 0.355 e. The van der Waals surface area contributed by atoms with Gasteiger partial charge in [0.25, 0.3) is 0 Å². The summed E-state index contributed by atoms with van der Waals surface area (Å²) in [5, 5.41) is 15.3. The monoisotopic (exact) mass is 483 g/mol. The summed E-state index contributed by atoms with van der Waals surface area (Å²) in [6.07, 6.45) is 3.89. The van der Waals surface area contributed by atoms with Crippen LogP contribution < -0.4 is 10.6 Å². The van der Waals surface area contributed by atoms with Gasteiger partial charge in [0, 0.05) is 24.2 Å². The van der Waals surface area contributed by atoms with Crippen LogP contribution in [0, 0.1) is 0 Å². The average molecular weight is 484 g/mol. The van der Waals surface area contributed by atoms with E-state index in [-0.39, 0.29) is 24.1 Å². The average Bonchev–Trinajstić information content (AvgIpc) is 3.23. The van der Waals surface area contributed by atoms with Crippen LogP contribution in [0.4, 0.5) is 0 Å². The summed E-state index contributed by atoms with van der Waals surface area (Å²) < 4.78 is 1.89. The highest BCUT2D eigenvalue weighted by Gasteiger charge is 2.13. The van der Waals surface area contributed by atoms with Crippen molar-refractivity contribution in [1.29, 1.82) is 0 Å². The van der Waals surface area contributed by atoms with Gasteiger partial charge in [0.2, 0.25) is 11.8 Å². The van der Waals surface area contributed by atoms with Gasteiger partial charge in [0.1, 0.15) is 0 Å². The molecule has 2 aromatic carbocycles. The molecule has 2 N–H and O–H groups in total. The van der Waals surface area contributed by atoms with Gasteiger partial charge in [0.05, 0.1) is 12.3 Å². The molecular weight excluding hydrogens is 458 g/mol. The number of rotatable bonds is 11. The standard InChI is InChI=1S/C24H26ClN5O2S/c1-2-30-21(16-27-22(31)13-12-19-10-6-7-11-20(19)25)28-29-24(30)33-17-23(32)26-15-14-18-8-4-3-5-9-18/h3-13H,2,14-17H2,1H3,(H,26,32)(H,27,31)/b13-12+. The number of aromatic nitrogens is 3. The Morgan fingerprint density at radius 3 is 2.58 bits per heavy atom. The van der Waals surface area contributed by atoms with Gasteiger partial charge in [-0.1, -0.05) is 71.9 Å². The third-order valence-corrected chi connectivity index (χ3v) is 6.07. The first-order chi connectivity index (χ1) is 16.1. The van der Waals surface area contributed by atoms with Gasteiger partial charge in [-0.25, -0.2) is 0 Å². The van der Waals surface area contributed by atoms with Crippen LogP contribution in [0.15, 0.2) is 65.8 Å². The molecule has 0 atom stereocenters. The Kier molecular flexibility index (Phi) is 9.53. The van der Waals surface area contributed by atoms with E-state index in [2.05, 4.69) is 20.8 Å². The lowest BCUT2D eigenvalue weighted by atomic mass is 10.1. The van der Waals surface area contributed by atoms with Gasteiger partial charge >= 0.3 is 0 Å². The number of nitrogens with one attached hydrogen (secondary N) is 2. The van der Waals surface area contributed by atoms with Crippen molar-refractivity contribution in [2.45, 2.75) is 31.6 Å². The smallest absolute Gasteiger partial charge is 0.244 e. The number of carbonyl (C=O) groups excluding carboxylic acids is 2. The van der Waals surface area contributed by atoms with E-state index in [0.29, 0.717) is 29.1 Å². The van der Waals surface area contributed by atoms with Gasteiger partial charge < -0.3 is 15.2 Å². The Hall–Kier alpha value is -3.10. The number of nitrogens with zero attached hydrogens (tertiary/aromatic N) is 3. The number of carbonyl (C=O) groups is 2. The topological polar surface area (TPSA) is 88.9 Å². The van der Waals surface area contributed by atoms with E-state index in [1.807, 2.05) is 60.0 Å². The third-order valence-electron chi connectivity index (χ3n) is 4.76. The van der Waals surface area contributed by atoms with Crippen LogP contribution in [0.5, 0.6) is 0 Å². The summed E-state index contributed by atoms with van der Waals surface area (Å²) in [5.74, 6) is 0.567. The molecule has 0 fully saturated rings. The van der Waals surface area contributed by atoms with Crippen LogP contribution >= 0.6 is 23.4 Å². The summed E-state index contributed by atoms with van der Waals surface area (Å²) in [4.78, 5) is 24.3. The van der Waals surface area contributed by atoms with E-state index in [0.717, 1.165) is 12.0 Å². The lowest BCUT2D eigenvalue weighted by Crippen LogP contribution is -2.27. The molecule has 0 spiro atoms. The molecule has 9 heteroatoms. The Balaban J connectivity index is 1.45. The molecule has 0 radical (unpaired) electrons. The van der Waals surface area contributed by atoms with E-state index in [1.54, 1.807) is 12.1 Å². The Labute approximate surface area is 202 Å². The molecule has 0 aliphatic rings. The second kappa shape index (κ2) is 12.8. The number of thioether (sulfide) groups is 1. The molecule has 172 valence electrons. The molecule has 7 nitrogen and oxygen atoms in total. The summed E-state index contributed by atoms with van der Waals surface area (Å²) in [6, 6.07) is 17.3. The van der Waals surface area contributed by atoms with Crippen LogP contribution in [0.2, 0.25) is 5.02 Å². The van der Waals surface area contributed by atoms with E-state index in [9.17, 15) is 9.59 Å². The second-order valence-electron chi connectivity index (χ2n) is 7.09. The maximum absolute atomic E-state index is 12.2. The first kappa shape index (κ1) is 24.5. The molecule has 0 aliphatic heterocycles. The normalized spacial score (nSPS) is 11.0. The molecule has 0 aliphatic carbocycles. The van der Waals surface area contributed by atoms with Crippen molar-refractivity contribution in [2.24, 2.45) is 0 Å². The van der Waals surface area contributed by atoms with Crippen LogP contribution in [0.25, 0.3) is 6.08 Å². The maximum atomic E-state index is 12.2. The molecule has 0 unspecified atom stereocenters. The Morgan fingerprint density at radius 2 is 1.82 bits per heavy atom. The van der Waals surface area contributed by atoms with Crippen molar-refractivity contribution < 1.29 is 9.59 Å². The molecule has 3 rings (SSSR count). The molecule has 0 bridgehead atoms. The highest BCUT2D eigenvalue weighted by atomic mass is 35.5. The second-order valence-corrected chi connectivity index (χ2v) is 8.44. The molecule has 0 saturated carbocycles. The minimum atomic E-state index is -0.257. The summed E-state index contributed by atoms with van der Waals surface area (Å²) in [6.45, 7) is 3.42. The zero-order chi connectivity index (χ0) is 23.5. The van der Waals surface area contributed by atoms with Gasteiger partial charge in [-0.2, -0.15) is 0 Å². The van der Waals surface area contributed by atoms with E-state index >= 15 is 0 Å². The minimum Gasteiger partial charge on any atom is -0.355 e. The van der Waals surface area contributed by atoms with Crippen LogP contribution in [-0.4, -0.2) is 38.9 Å². The summed E-state index contributed by atoms with van der Waals surface area (Å²) >= 11 is 7.42. The number of benzene rings is 2. The lowest BCUT2D eigenvalue weighted by Gasteiger charge is -2.08. The maximum Gasteiger partial charge on any atom is 0.244 e. The van der Waals surface area contributed by atoms with E-state index in [1.165, 1.54) is 23.4 Å². The predicted octanol–water partition coefficient (Wildman–Crippen LogP) is 3.73. The fourth-order valence-electron chi connectivity index (χ4n) is 3.05. The molecule has 1 heterocycles. The zero-order valence-corrected chi connectivity index (χ0v) is 19.9. The number of amides is 2. The molecule has 1 aromatic heterocycles. The number of halogens is 1. The first-order valence-electron chi connectivity index (χ1n) is 10.6. The highest BCUT2D eigenvalue weighted by molar-refractivity contribution is 7.99. The van der Waals surface area contributed by atoms with Crippen LogP contribution in [0.3, 0.4) is 0 Å². The van der Waals surface area contributed by atoms with Crippen molar-refractivity contribution in [3.63, 3.8) is 0 Å². The van der Waals surface area contributed by atoms with E-state index < -0.39 is 0 Å². The van der Waals surface area contributed by atoms with Crippen LogP contribution in [-0.2, 0) is 29.1 Å². The minimum absolute atomic E-state index is 0.0545. The first-order valence-corrected chi connectivity index (χ1v) is 12.0. The quantitative estimate of drug-likeness (QED) is 0.320. The molecular formula is C24H26ClN5O2S. The fourth-order valence-corrected chi connectivity index (χ4v) is 4.10. The van der Waals surface area contributed by atoms with Crippen molar-refractivity contribution in [2.75, 3.05) is 12.3 Å². The predicted molar refractivity (Wildman–Crippen MR) is 132 cm³/mol. The summed E-state index contributed by atoms with van der Waals surface area (Å²) in [5.41, 5.74) is 1.95. The van der Waals surface area contributed by atoms with Crippen molar-refractivity contribution in [3.05, 3.63) is 82.6 Å². The van der Waals surface area contributed by atoms with Crippen molar-refractivity contribution in [1.82, 2.24) is 25.4 Å². The summed E-state index contributed by atoms with van der Waals surface area (Å²) in [7, 11) is 0. The van der Waals surface area contributed by atoms with Crippen LogP contribution in [0.1, 0.15) is 23.9 Å². The number of hydrogen-bond acceptors (Lipinski definition) is 5. The Bertz CT molecular complexity index is 1100.